The molecule has 0 heterocycles. The van der Waals surface area contributed by atoms with Crippen LogP contribution in [0.4, 0.5) is 0 Å². The first kappa shape index (κ1) is 15.1. The molecule has 21 heavy (non-hydrogen) atoms. The minimum atomic E-state index is -0.351. The smallest absolute Gasteiger partial charge is 0.313 e. The number of para-hydroxylation sites is 1. The highest BCUT2D eigenvalue weighted by molar-refractivity contribution is 5.77. The molecule has 2 aromatic rings. The Morgan fingerprint density at radius 2 is 1.81 bits per heavy atom. The molecule has 4 heteroatoms. The predicted octanol–water partition coefficient (Wildman–Crippen LogP) is 3.08. The second-order valence-corrected chi connectivity index (χ2v) is 4.67. The molecule has 0 aliphatic heterocycles. The number of esters is 1. The third-order valence-corrected chi connectivity index (χ3v) is 3.05. The maximum atomic E-state index is 11.9. The van der Waals surface area contributed by atoms with Gasteiger partial charge in [-0.3, -0.25) is 4.79 Å². The molecule has 0 amide bonds. The first-order valence-corrected chi connectivity index (χ1v) is 6.90. The summed E-state index contributed by atoms with van der Waals surface area (Å²) in [6, 6.07) is 17.0. The van der Waals surface area contributed by atoms with Crippen LogP contribution in [-0.4, -0.2) is 19.1 Å². The Kier molecular flexibility index (Phi) is 5.35. The molecule has 0 aromatic heterocycles. The number of hydrogen-bond acceptors (Lipinski definition) is 4. The molecule has 0 radical (unpaired) electrons. The van der Waals surface area contributed by atoms with E-state index in [-0.39, 0.29) is 18.5 Å². The molecule has 0 spiro atoms. The largest absolute Gasteiger partial charge is 0.464 e. The molecular formula is C17H19NO3. The van der Waals surface area contributed by atoms with Crippen molar-refractivity contribution in [1.82, 2.24) is 0 Å². The van der Waals surface area contributed by atoms with E-state index in [4.69, 9.17) is 15.2 Å². The van der Waals surface area contributed by atoms with Crippen LogP contribution in [0.5, 0.6) is 11.5 Å². The van der Waals surface area contributed by atoms with Gasteiger partial charge in [0, 0.05) is 6.54 Å². The average Bonchev–Trinajstić information content (AvgIpc) is 2.53. The van der Waals surface area contributed by atoms with Crippen LogP contribution in [0.15, 0.2) is 54.6 Å². The van der Waals surface area contributed by atoms with E-state index in [0.717, 1.165) is 11.3 Å². The highest BCUT2D eigenvalue weighted by Crippen LogP contribution is 2.25. The van der Waals surface area contributed by atoms with Crippen LogP contribution in [0, 0.1) is 0 Å². The van der Waals surface area contributed by atoms with Crippen LogP contribution in [0.25, 0.3) is 0 Å². The summed E-state index contributed by atoms with van der Waals surface area (Å²) in [4.78, 5) is 11.9. The van der Waals surface area contributed by atoms with Crippen molar-refractivity contribution in [3.63, 3.8) is 0 Å². The summed E-state index contributed by atoms with van der Waals surface area (Å²) in [5.74, 6) is 0.818. The van der Waals surface area contributed by atoms with Gasteiger partial charge < -0.3 is 15.2 Å². The lowest BCUT2D eigenvalue weighted by Crippen LogP contribution is -2.18. The fraction of sp³-hybridized carbons (Fsp3) is 0.235. The summed E-state index contributed by atoms with van der Waals surface area (Å²) in [5.41, 5.74) is 6.18. The van der Waals surface area contributed by atoms with Gasteiger partial charge in [-0.15, -0.1) is 0 Å². The molecular weight excluding hydrogens is 266 g/mol. The number of carbonyl (C=O) groups excluding carboxylic acids is 1. The molecule has 0 saturated heterocycles. The second kappa shape index (κ2) is 7.45. The van der Waals surface area contributed by atoms with Gasteiger partial charge in [-0.05, 0) is 36.8 Å². The Morgan fingerprint density at radius 3 is 2.52 bits per heavy atom. The molecule has 0 saturated carbocycles. The Bertz CT molecular complexity index is 584. The van der Waals surface area contributed by atoms with E-state index in [9.17, 15) is 4.79 Å². The molecule has 0 bridgehead atoms. The average molecular weight is 285 g/mol. The van der Waals surface area contributed by atoms with Gasteiger partial charge in [0.25, 0.3) is 0 Å². The zero-order valence-electron chi connectivity index (χ0n) is 12.0. The molecule has 1 unspecified atom stereocenters. The van der Waals surface area contributed by atoms with Gasteiger partial charge in [0.05, 0.1) is 5.92 Å². The maximum absolute atomic E-state index is 11.9. The lowest BCUT2D eigenvalue weighted by molar-refractivity contribution is -0.144. The Labute approximate surface area is 124 Å². The van der Waals surface area contributed by atoms with Crippen LogP contribution in [0.3, 0.4) is 0 Å². The van der Waals surface area contributed by atoms with Crippen LogP contribution in [0.2, 0.25) is 0 Å². The van der Waals surface area contributed by atoms with Crippen molar-refractivity contribution < 1.29 is 14.3 Å². The summed E-state index contributed by atoms with van der Waals surface area (Å²) in [6.45, 7) is 2.37. The Balaban J connectivity index is 2.08. The van der Waals surface area contributed by atoms with Crippen molar-refractivity contribution in [2.45, 2.75) is 12.8 Å². The Hall–Kier alpha value is -2.33. The van der Waals surface area contributed by atoms with Gasteiger partial charge >= 0.3 is 5.97 Å². The minimum Gasteiger partial charge on any atom is -0.464 e. The molecule has 0 aliphatic carbocycles. The highest BCUT2D eigenvalue weighted by atomic mass is 16.5. The number of benzene rings is 2. The van der Waals surface area contributed by atoms with Crippen LogP contribution in [-0.2, 0) is 9.53 Å². The molecule has 2 rings (SSSR count). The van der Waals surface area contributed by atoms with E-state index in [0.29, 0.717) is 12.3 Å². The van der Waals surface area contributed by atoms with E-state index in [2.05, 4.69) is 0 Å². The molecule has 2 N–H and O–H groups in total. The topological polar surface area (TPSA) is 61.5 Å². The number of carbonyl (C=O) groups is 1. The van der Waals surface area contributed by atoms with E-state index >= 15 is 0 Å². The summed E-state index contributed by atoms with van der Waals surface area (Å²) < 4.78 is 10.8. The van der Waals surface area contributed by atoms with Crippen LogP contribution < -0.4 is 10.5 Å². The van der Waals surface area contributed by atoms with Gasteiger partial charge in [-0.2, -0.15) is 0 Å². The lowest BCUT2D eigenvalue weighted by atomic mass is 10.0. The number of ether oxygens (including phenoxy) is 2. The number of hydrogen-bond donors (Lipinski definition) is 1. The monoisotopic (exact) mass is 285 g/mol. The van der Waals surface area contributed by atoms with Crippen molar-refractivity contribution in [2.24, 2.45) is 5.73 Å². The van der Waals surface area contributed by atoms with E-state index in [1.165, 1.54) is 0 Å². The molecule has 110 valence electrons. The lowest BCUT2D eigenvalue weighted by Gasteiger charge is -2.13. The SMILES string of the molecule is CC(C(=O)OCCN)c1cccc(Oc2ccccc2)c1. The van der Waals surface area contributed by atoms with Gasteiger partial charge in [0.1, 0.15) is 18.1 Å². The molecule has 2 aromatic carbocycles. The van der Waals surface area contributed by atoms with Gasteiger partial charge in [0.2, 0.25) is 0 Å². The maximum Gasteiger partial charge on any atom is 0.313 e. The molecule has 0 fully saturated rings. The van der Waals surface area contributed by atoms with E-state index in [1.807, 2.05) is 54.6 Å². The Morgan fingerprint density at radius 1 is 1.10 bits per heavy atom. The summed E-state index contributed by atoms with van der Waals surface area (Å²) >= 11 is 0. The van der Waals surface area contributed by atoms with Crippen molar-refractivity contribution in [3.8, 4) is 11.5 Å². The zero-order valence-corrected chi connectivity index (χ0v) is 12.0. The number of rotatable bonds is 6. The van der Waals surface area contributed by atoms with Crippen molar-refractivity contribution in [1.29, 1.82) is 0 Å². The second-order valence-electron chi connectivity index (χ2n) is 4.67. The quantitative estimate of drug-likeness (QED) is 0.828. The van der Waals surface area contributed by atoms with Gasteiger partial charge in [-0.1, -0.05) is 30.3 Å². The standard InChI is InChI=1S/C17H19NO3/c1-13(17(19)20-11-10-18)14-6-5-9-16(12-14)21-15-7-3-2-4-8-15/h2-9,12-13H,10-11,18H2,1H3. The third kappa shape index (κ3) is 4.33. The molecule has 4 nitrogen and oxygen atoms in total. The van der Waals surface area contributed by atoms with Crippen LogP contribution >= 0.6 is 0 Å². The zero-order chi connectivity index (χ0) is 15.1. The fourth-order valence-electron chi connectivity index (χ4n) is 1.89. The molecule has 1 atom stereocenters. The van der Waals surface area contributed by atoms with E-state index < -0.39 is 0 Å². The summed E-state index contributed by atoms with van der Waals surface area (Å²) in [5, 5.41) is 0. The fourth-order valence-corrected chi connectivity index (χ4v) is 1.89. The van der Waals surface area contributed by atoms with Crippen molar-refractivity contribution >= 4 is 5.97 Å². The van der Waals surface area contributed by atoms with Gasteiger partial charge in [0.15, 0.2) is 0 Å². The summed E-state index contributed by atoms with van der Waals surface area (Å²) in [6.07, 6.45) is 0. The number of nitrogens with two attached hydrogens (primary N) is 1. The highest BCUT2D eigenvalue weighted by Gasteiger charge is 2.17. The third-order valence-electron chi connectivity index (χ3n) is 3.05. The first-order valence-electron chi connectivity index (χ1n) is 6.90. The predicted molar refractivity (Wildman–Crippen MR) is 81.4 cm³/mol. The van der Waals surface area contributed by atoms with Crippen LogP contribution in [0.1, 0.15) is 18.4 Å². The van der Waals surface area contributed by atoms with Crippen molar-refractivity contribution in [3.05, 3.63) is 60.2 Å². The minimum absolute atomic E-state index is 0.239. The van der Waals surface area contributed by atoms with Gasteiger partial charge in [-0.25, -0.2) is 0 Å². The first-order chi connectivity index (χ1) is 10.2. The summed E-state index contributed by atoms with van der Waals surface area (Å²) in [7, 11) is 0. The van der Waals surface area contributed by atoms with E-state index in [1.54, 1.807) is 6.92 Å². The van der Waals surface area contributed by atoms with Crippen molar-refractivity contribution in [2.75, 3.05) is 13.2 Å². The molecule has 0 aliphatic rings. The normalized spacial score (nSPS) is 11.7.